The zero-order chi connectivity index (χ0) is 15.8. The van der Waals surface area contributed by atoms with Gasteiger partial charge in [0.1, 0.15) is 0 Å². The standard InChI is InChI=1S/C20H44N.2BrH.H3N/c1-5-7-8-9-10-11-12-13-14-15-16-17-18-19-20-21(3,4)6-2;;;/h5-20H2,1-4H3;2*1H;1H3/q+1;;;/p-1. The lowest BCUT2D eigenvalue weighted by atomic mass is 10.0. The molecule has 152 valence electrons. The lowest BCUT2D eigenvalue weighted by Gasteiger charge is -2.28. The molecular formula is C20H48Br2N2. The number of quaternary nitrogens is 2. The van der Waals surface area contributed by atoms with Crippen molar-refractivity contribution in [2.75, 3.05) is 27.2 Å². The number of hydrogen-bond donors (Lipinski definition) is 1. The summed E-state index contributed by atoms with van der Waals surface area (Å²) < 4.78 is 1.19. The molecule has 0 aromatic rings. The third-order valence-corrected chi connectivity index (χ3v) is 4.97. The smallest absolute Gasteiger partial charge is 0.0782 e. The van der Waals surface area contributed by atoms with E-state index >= 15 is 0 Å². The largest absolute Gasteiger partial charge is 1.00 e. The van der Waals surface area contributed by atoms with Crippen LogP contribution in [-0.2, 0) is 0 Å². The summed E-state index contributed by atoms with van der Waals surface area (Å²) in [6.07, 6.45) is 20.4. The van der Waals surface area contributed by atoms with Gasteiger partial charge in [-0.1, -0.05) is 84.0 Å². The van der Waals surface area contributed by atoms with Crippen LogP contribution in [0.5, 0.6) is 0 Å². The van der Waals surface area contributed by atoms with Crippen molar-refractivity contribution in [3.05, 3.63) is 0 Å². The van der Waals surface area contributed by atoms with Crippen LogP contribution in [0.4, 0.5) is 0 Å². The van der Waals surface area contributed by atoms with Gasteiger partial charge in [0.05, 0.1) is 27.2 Å². The van der Waals surface area contributed by atoms with E-state index in [1.54, 1.807) is 0 Å². The molecule has 0 heterocycles. The number of hydrogen-bond acceptors (Lipinski definition) is 0. The van der Waals surface area contributed by atoms with E-state index in [0.717, 1.165) is 0 Å². The minimum absolute atomic E-state index is 0. The summed E-state index contributed by atoms with van der Waals surface area (Å²) in [4.78, 5) is 0. The Kier molecular flexibility index (Phi) is 32.4. The summed E-state index contributed by atoms with van der Waals surface area (Å²) in [7, 11) is 4.70. The fourth-order valence-corrected chi connectivity index (χ4v) is 2.89. The van der Waals surface area contributed by atoms with Gasteiger partial charge in [-0.3, -0.25) is 0 Å². The Morgan fingerprint density at radius 2 is 0.792 bits per heavy atom. The van der Waals surface area contributed by atoms with E-state index < -0.39 is 0 Å². The summed E-state index contributed by atoms with van der Waals surface area (Å²) in [5.74, 6) is 0. The molecule has 0 bridgehead atoms. The lowest BCUT2D eigenvalue weighted by molar-refractivity contribution is -0.888. The molecule has 0 aromatic heterocycles. The van der Waals surface area contributed by atoms with Crippen LogP contribution in [0.25, 0.3) is 0 Å². The normalized spacial score (nSPS) is 10.5. The summed E-state index contributed by atoms with van der Waals surface area (Å²) >= 11 is 0. The van der Waals surface area contributed by atoms with Crippen LogP contribution in [0.2, 0.25) is 0 Å². The van der Waals surface area contributed by atoms with E-state index in [-0.39, 0.29) is 40.1 Å². The molecule has 0 aliphatic heterocycles. The van der Waals surface area contributed by atoms with Crippen molar-refractivity contribution < 1.29 is 38.4 Å². The Morgan fingerprint density at radius 1 is 0.500 bits per heavy atom. The fourth-order valence-electron chi connectivity index (χ4n) is 2.89. The summed E-state index contributed by atoms with van der Waals surface area (Å²) in [5.41, 5.74) is 0. The van der Waals surface area contributed by atoms with Gasteiger partial charge in [-0.25, -0.2) is 0 Å². The Bertz CT molecular complexity index is 212. The maximum Gasteiger partial charge on any atom is 0.0782 e. The second-order valence-corrected chi connectivity index (χ2v) is 7.57. The molecule has 0 unspecified atom stereocenters. The Balaban J connectivity index is -0.000000667. The van der Waals surface area contributed by atoms with Gasteiger partial charge in [0.2, 0.25) is 0 Å². The molecule has 0 radical (unpaired) electrons. The van der Waals surface area contributed by atoms with Crippen molar-refractivity contribution in [1.29, 1.82) is 0 Å². The van der Waals surface area contributed by atoms with Gasteiger partial charge in [0.15, 0.2) is 0 Å². The van der Waals surface area contributed by atoms with Crippen LogP contribution in [0.15, 0.2) is 0 Å². The van der Waals surface area contributed by atoms with E-state index in [4.69, 9.17) is 0 Å². The van der Waals surface area contributed by atoms with Crippen LogP contribution in [-0.4, -0.2) is 31.7 Å². The fraction of sp³-hybridized carbons (Fsp3) is 1.00. The highest BCUT2D eigenvalue weighted by Crippen LogP contribution is 2.13. The third-order valence-electron chi connectivity index (χ3n) is 4.97. The highest BCUT2D eigenvalue weighted by Gasteiger charge is 2.09. The average Bonchev–Trinajstić information content (AvgIpc) is 2.47. The van der Waals surface area contributed by atoms with Gasteiger partial charge < -0.3 is 44.6 Å². The van der Waals surface area contributed by atoms with E-state index in [1.807, 2.05) is 0 Å². The molecule has 0 saturated heterocycles. The molecule has 2 nitrogen and oxygen atoms in total. The molecule has 0 spiro atoms. The van der Waals surface area contributed by atoms with Crippen molar-refractivity contribution in [1.82, 2.24) is 6.15 Å². The van der Waals surface area contributed by atoms with Crippen molar-refractivity contribution in [2.45, 2.75) is 104 Å². The molecule has 0 aromatic carbocycles. The van der Waals surface area contributed by atoms with Gasteiger partial charge in [-0.2, -0.15) is 0 Å². The summed E-state index contributed by atoms with van der Waals surface area (Å²) in [6, 6.07) is 0. The van der Waals surface area contributed by atoms with Crippen LogP contribution < -0.4 is 40.1 Å². The van der Waals surface area contributed by atoms with Crippen LogP contribution >= 0.6 is 0 Å². The van der Waals surface area contributed by atoms with E-state index in [0.29, 0.717) is 0 Å². The number of nitrogens with zero attached hydrogens (tertiary/aromatic N) is 1. The summed E-state index contributed by atoms with van der Waals surface area (Å²) in [6.45, 7) is 7.21. The van der Waals surface area contributed by atoms with Crippen LogP contribution in [0.3, 0.4) is 0 Å². The zero-order valence-electron chi connectivity index (χ0n) is 17.5. The van der Waals surface area contributed by atoms with Crippen LogP contribution in [0, 0.1) is 0 Å². The molecule has 0 aliphatic rings. The highest BCUT2D eigenvalue weighted by atomic mass is 79.9. The first kappa shape index (κ1) is 32.5. The molecule has 0 saturated carbocycles. The Morgan fingerprint density at radius 3 is 1.08 bits per heavy atom. The summed E-state index contributed by atoms with van der Waals surface area (Å²) in [5, 5.41) is 0. The van der Waals surface area contributed by atoms with Crippen molar-refractivity contribution in [2.24, 2.45) is 0 Å². The maximum atomic E-state index is 2.35. The molecule has 0 rings (SSSR count). The van der Waals surface area contributed by atoms with Gasteiger partial charge in [-0.15, -0.1) is 0 Å². The Labute approximate surface area is 175 Å². The number of halogens is 2. The first-order valence-electron chi connectivity index (χ1n) is 9.94. The molecule has 0 amide bonds. The first-order valence-corrected chi connectivity index (χ1v) is 9.94. The minimum Gasteiger partial charge on any atom is -1.00 e. The van der Waals surface area contributed by atoms with Gasteiger partial charge in [0.25, 0.3) is 0 Å². The first-order chi connectivity index (χ1) is 10.1. The van der Waals surface area contributed by atoms with Gasteiger partial charge >= 0.3 is 0 Å². The lowest BCUT2D eigenvalue weighted by Crippen LogP contribution is -3.00. The molecule has 4 N–H and O–H groups in total. The van der Waals surface area contributed by atoms with Crippen LogP contribution in [0.1, 0.15) is 104 Å². The highest BCUT2D eigenvalue weighted by molar-refractivity contribution is 4.49. The third kappa shape index (κ3) is 25.1. The molecule has 0 aliphatic carbocycles. The molecule has 0 fully saturated rings. The van der Waals surface area contributed by atoms with E-state index in [9.17, 15) is 0 Å². The average molecular weight is 476 g/mol. The second-order valence-electron chi connectivity index (χ2n) is 7.57. The molecular weight excluding hydrogens is 428 g/mol. The maximum absolute atomic E-state index is 2.35. The topological polar surface area (TPSA) is 36.5 Å². The molecule has 4 heteroatoms. The zero-order valence-corrected chi connectivity index (χ0v) is 20.7. The predicted octanol–water partition coefficient (Wildman–Crippen LogP) is 0.948. The van der Waals surface area contributed by atoms with Crippen molar-refractivity contribution >= 4 is 0 Å². The van der Waals surface area contributed by atoms with E-state index in [2.05, 4.69) is 27.9 Å². The predicted molar refractivity (Wildman–Crippen MR) is 104 cm³/mol. The minimum atomic E-state index is 0. The van der Waals surface area contributed by atoms with Gasteiger partial charge in [0, 0.05) is 0 Å². The quantitative estimate of drug-likeness (QED) is 0.255. The van der Waals surface area contributed by atoms with Crippen molar-refractivity contribution in [3.63, 3.8) is 0 Å². The van der Waals surface area contributed by atoms with Gasteiger partial charge in [-0.05, 0) is 19.8 Å². The molecule has 0 atom stereocenters. The van der Waals surface area contributed by atoms with E-state index in [1.165, 1.54) is 107 Å². The monoisotopic (exact) mass is 474 g/mol. The number of rotatable bonds is 16. The van der Waals surface area contributed by atoms with Crippen molar-refractivity contribution in [3.8, 4) is 0 Å². The number of unbranched alkanes of at least 4 members (excludes halogenated alkanes) is 13. The SMILES string of the molecule is CCCCCCCCCCCCCCCC[N+](C)(C)CC.[Br-].[Br-].[NH4+]. The molecule has 24 heavy (non-hydrogen) atoms. The Hall–Kier alpha value is 0.880. The second kappa shape index (κ2) is 23.9.